The maximum absolute atomic E-state index is 10.4. The fourth-order valence-corrected chi connectivity index (χ4v) is 2.84. The Labute approximate surface area is 151 Å². The Morgan fingerprint density at radius 1 is 1.12 bits per heavy atom. The molecule has 136 valence electrons. The van der Waals surface area contributed by atoms with Crippen LogP contribution in [0.1, 0.15) is 24.5 Å². The smallest absolute Gasteiger partial charge is 0.122 e. The van der Waals surface area contributed by atoms with Crippen LogP contribution in [0.5, 0.6) is 11.5 Å². The summed E-state index contributed by atoms with van der Waals surface area (Å²) in [6, 6.07) is 15.9. The van der Waals surface area contributed by atoms with Gasteiger partial charge in [0.05, 0.1) is 7.11 Å². The van der Waals surface area contributed by atoms with Gasteiger partial charge < -0.3 is 14.6 Å². The SMILES string of the molecule is CCCN(Cc1cccc(OC)c1)C[C@@H](O)COc1ccccc1C. The van der Waals surface area contributed by atoms with E-state index in [-0.39, 0.29) is 0 Å². The van der Waals surface area contributed by atoms with Crippen molar-refractivity contribution < 1.29 is 14.6 Å². The molecule has 0 fully saturated rings. The second-order valence-electron chi connectivity index (χ2n) is 6.32. The van der Waals surface area contributed by atoms with Crippen LogP contribution >= 0.6 is 0 Å². The van der Waals surface area contributed by atoms with Gasteiger partial charge in [0.2, 0.25) is 0 Å². The normalized spacial score (nSPS) is 12.2. The highest BCUT2D eigenvalue weighted by Crippen LogP contribution is 2.17. The Morgan fingerprint density at radius 2 is 1.92 bits per heavy atom. The molecular weight excluding hydrogens is 314 g/mol. The predicted octanol–water partition coefficient (Wildman–Crippen LogP) is 3.66. The summed E-state index contributed by atoms with van der Waals surface area (Å²) in [7, 11) is 1.68. The summed E-state index contributed by atoms with van der Waals surface area (Å²) in [5.74, 6) is 1.69. The maximum atomic E-state index is 10.4. The topological polar surface area (TPSA) is 41.9 Å². The molecular formula is C21H29NO3. The van der Waals surface area contributed by atoms with Crippen LogP contribution in [0.3, 0.4) is 0 Å². The van der Waals surface area contributed by atoms with E-state index in [0.717, 1.165) is 36.6 Å². The van der Waals surface area contributed by atoms with Gasteiger partial charge in [-0.3, -0.25) is 4.90 Å². The van der Waals surface area contributed by atoms with E-state index in [1.807, 2.05) is 49.4 Å². The van der Waals surface area contributed by atoms with E-state index in [1.165, 1.54) is 5.56 Å². The van der Waals surface area contributed by atoms with Gasteiger partial charge in [-0.1, -0.05) is 37.3 Å². The van der Waals surface area contributed by atoms with Gasteiger partial charge in [-0.05, 0) is 49.2 Å². The molecule has 0 aliphatic rings. The summed E-state index contributed by atoms with van der Waals surface area (Å²) in [4.78, 5) is 2.25. The molecule has 0 aliphatic heterocycles. The zero-order valence-corrected chi connectivity index (χ0v) is 15.4. The summed E-state index contributed by atoms with van der Waals surface area (Å²) < 4.78 is 11.1. The third-order valence-corrected chi connectivity index (χ3v) is 4.07. The molecule has 0 amide bonds. The van der Waals surface area contributed by atoms with E-state index in [0.29, 0.717) is 13.2 Å². The summed E-state index contributed by atoms with van der Waals surface area (Å²) in [6.45, 7) is 6.74. The molecule has 4 heteroatoms. The van der Waals surface area contributed by atoms with Crippen LogP contribution in [0.15, 0.2) is 48.5 Å². The third kappa shape index (κ3) is 6.40. The molecule has 0 unspecified atom stereocenters. The summed E-state index contributed by atoms with van der Waals surface area (Å²) in [6.07, 6.45) is 0.506. The number of nitrogens with zero attached hydrogens (tertiary/aromatic N) is 1. The number of hydrogen-bond donors (Lipinski definition) is 1. The Morgan fingerprint density at radius 3 is 2.64 bits per heavy atom. The molecule has 1 N–H and O–H groups in total. The zero-order chi connectivity index (χ0) is 18.1. The maximum Gasteiger partial charge on any atom is 0.122 e. The van der Waals surface area contributed by atoms with Crippen LogP contribution in [0, 0.1) is 6.92 Å². The summed E-state index contributed by atoms with van der Waals surface area (Å²) in [5, 5.41) is 10.4. The lowest BCUT2D eigenvalue weighted by molar-refractivity contribution is 0.0653. The van der Waals surface area contributed by atoms with E-state index < -0.39 is 6.10 Å². The van der Waals surface area contributed by atoms with Crippen LogP contribution in [0.25, 0.3) is 0 Å². The van der Waals surface area contributed by atoms with Crippen LogP contribution in [-0.2, 0) is 6.54 Å². The van der Waals surface area contributed by atoms with Crippen molar-refractivity contribution >= 4 is 0 Å². The van der Waals surface area contributed by atoms with Crippen molar-refractivity contribution in [3.8, 4) is 11.5 Å². The third-order valence-electron chi connectivity index (χ3n) is 4.07. The highest BCUT2D eigenvalue weighted by atomic mass is 16.5. The van der Waals surface area contributed by atoms with E-state index in [1.54, 1.807) is 7.11 Å². The van der Waals surface area contributed by atoms with Gasteiger partial charge in [-0.15, -0.1) is 0 Å². The van der Waals surface area contributed by atoms with E-state index in [2.05, 4.69) is 17.9 Å². The minimum Gasteiger partial charge on any atom is -0.497 e. The number of aliphatic hydroxyl groups is 1. The molecule has 0 aromatic heterocycles. The van der Waals surface area contributed by atoms with Crippen LogP contribution < -0.4 is 9.47 Å². The molecule has 25 heavy (non-hydrogen) atoms. The number of aryl methyl sites for hydroxylation is 1. The Bertz CT molecular complexity index is 645. The zero-order valence-electron chi connectivity index (χ0n) is 15.4. The summed E-state index contributed by atoms with van der Waals surface area (Å²) >= 11 is 0. The first-order chi connectivity index (χ1) is 12.1. The number of para-hydroxylation sites is 1. The highest BCUT2D eigenvalue weighted by Gasteiger charge is 2.13. The largest absolute Gasteiger partial charge is 0.497 e. The second-order valence-corrected chi connectivity index (χ2v) is 6.32. The van der Waals surface area contributed by atoms with Crippen molar-refractivity contribution in [1.82, 2.24) is 4.90 Å². The van der Waals surface area contributed by atoms with E-state index in [9.17, 15) is 5.11 Å². The molecule has 0 bridgehead atoms. The molecule has 4 nitrogen and oxygen atoms in total. The van der Waals surface area contributed by atoms with Crippen LogP contribution in [0.2, 0.25) is 0 Å². The number of ether oxygens (including phenoxy) is 2. The molecule has 0 aliphatic carbocycles. The number of benzene rings is 2. The Kier molecular flexibility index (Phi) is 7.76. The molecule has 2 rings (SSSR count). The molecule has 0 saturated heterocycles. The Balaban J connectivity index is 1.90. The fourth-order valence-electron chi connectivity index (χ4n) is 2.84. The average Bonchev–Trinajstić information content (AvgIpc) is 2.61. The number of rotatable bonds is 10. The van der Waals surface area contributed by atoms with Crippen molar-refractivity contribution in [3.63, 3.8) is 0 Å². The quantitative estimate of drug-likeness (QED) is 0.715. The average molecular weight is 343 g/mol. The number of hydrogen-bond acceptors (Lipinski definition) is 4. The molecule has 0 spiro atoms. The minimum atomic E-state index is -0.531. The second kappa shape index (κ2) is 10.1. The first-order valence-electron chi connectivity index (χ1n) is 8.84. The van der Waals surface area contributed by atoms with Crippen molar-refractivity contribution in [2.75, 3.05) is 26.8 Å². The molecule has 1 atom stereocenters. The Hall–Kier alpha value is -2.04. The van der Waals surface area contributed by atoms with Crippen molar-refractivity contribution in [2.24, 2.45) is 0 Å². The fraction of sp³-hybridized carbons (Fsp3) is 0.429. The lowest BCUT2D eigenvalue weighted by atomic mass is 10.2. The molecule has 2 aromatic carbocycles. The highest BCUT2D eigenvalue weighted by molar-refractivity contribution is 5.31. The summed E-state index contributed by atoms with van der Waals surface area (Å²) in [5.41, 5.74) is 2.26. The lowest BCUT2D eigenvalue weighted by Gasteiger charge is -2.25. The van der Waals surface area contributed by atoms with E-state index in [4.69, 9.17) is 9.47 Å². The van der Waals surface area contributed by atoms with Crippen molar-refractivity contribution in [1.29, 1.82) is 0 Å². The van der Waals surface area contributed by atoms with Gasteiger partial charge in [0.25, 0.3) is 0 Å². The van der Waals surface area contributed by atoms with E-state index >= 15 is 0 Å². The van der Waals surface area contributed by atoms with Crippen molar-refractivity contribution in [2.45, 2.75) is 32.9 Å². The van der Waals surface area contributed by atoms with Gasteiger partial charge in [0.1, 0.15) is 24.2 Å². The van der Waals surface area contributed by atoms with Crippen LogP contribution in [0.4, 0.5) is 0 Å². The first kappa shape index (κ1) is 19.3. The van der Waals surface area contributed by atoms with Gasteiger partial charge >= 0.3 is 0 Å². The minimum absolute atomic E-state index is 0.295. The van der Waals surface area contributed by atoms with Crippen LogP contribution in [-0.4, -0.2) is 42.9 Å². The molecule has 0 saturated carbocycles. The standard InChI is InChI=1S/C21H29NO3/c1-4-12-22(14-18-9-7-10-20(13-18)24-3)15-19(23)16-25-21-11-6-5-8-17(21)2/h5-11,13,19,23H,4,12,14-16H2,1-3H3/t19-/m1/s1. The van der Waals surface area contributed by atoms with Gasteiger partial charge in [0, 0.05) is 13.1 Å². The number of methoxy groups -OCH3 is 1. The molecule has 0 radical (unpaired) electrons. The number of aliphatic hydroxyl groups excluding tert-OH is 1. The van der Waals surface area contributed by atoms with Gasteiger partial charge in [-0.2, -0.15) is 0 Å². The molecule has 2 aromatic rings. The van der Waals surface area contributed by atoms with Gasteiger partial charge in [-0.25, -0.2) is 0 Å². The predicted molar refractivity (Wildman–Crippen MR) is 101 cm³/mol. The first-order valence-corrected chi connectivity index (χ1v) is 8.84. The lowest BCUT2D eigenvalue weighted by Crippen LogP contribution is -2.35. The molecule has 0 heterocycles. The van der Waals surface area contributed by atoms with Gasteiger partial charge in [0.15, 0.2) is 0 Å². The van der Waals surface area contributed by atoms with Crippen molar-refractivity contribution in [3.05, 3.63) is 59.7 Å². The monoisotopic (exact) mass is 343 g/mol.